The minimum atomic E-state index is -1.01. The van der Waals surface area contributed by atoms with Crippen LogP contribution in [0.5, 0.6) is 0 Å². The van der Waals surface area contributed by atoms with Crippen molar-refractivity contribution in [2.45, 2.75) is 63.7 Å². The van der Waals surface area contributed by atoms with Crippen molar-refractivity contribution < 1.29 is 23.9 Å². The Labute approximate surface area is 146 Å². The van der Waals surface area contributed by atoms with E-state index in [1.807, 2.05) is 0 Å². The first-order chi connectivity index (χ1) is 12.0. The van der Waals surface area contributed by atoms with E-state index in [-0.39, 0.29) is 18.4 Å². The van der Waals surface area contributed by atoms with Crippen molar-refractivity contribution in [3.63, 3.8) is 0 Å². The predicted molar refractivity (Wildman–Crippen MR) is 89.9 cm³/mol. The molecule has 1 amide bonds. The number of hydrogen-bond donors (Lipinski definition) is 1. The monoisotopic (exact) mass is 345 g/mol. The van der Waals surface area contributed by atoms with Crippen LogP contribution in [0.15, 0.2) is 24.3 Å². The van der Waals surface area contributed by atoms with Gasteiger partial charge in [0.1, 0.15) is 0 Å². The van der Waals surface area contributed by atoms with E-state index >= 15 is 0 Å². The molecule has 134 valence electrons. The molecule has 1 fully saturated rings. The van der Waals surface area contributed by atoms with Gasteiger partial charge < -0.3 is 14.8 Å². The summed E-state index contributed by atoms with van der Waals surface area (Å²) < 4.78 is 10.4. The predicted octanol–water partition coefficient (Wildman–Crippen LogP) is 2.15. The molecule has 1 aliphatic carbocycles. The summed E-state index contributed by atoms with van der Waals surface area (Å²) in [7, 11) is 0. The van der Waals surface area contributed by atoms with E-state index < -0.39 is 24.1 Å². The summed E-state index contributed by atoms with van der Waals surface area (Å²) in [5, 5.41) is 2.93. The minimum Gasteiger partial charge on any atom is -0.450 e. The van der Waals surface area contributed by atoms with E-state index in [1.54, 1.807) is 24.3 Å². The van der Waals surface area contributed by atoms with Crippen molar-refractivity contribution in [1.82, 2.24) is 5.32 Å². The quantitative estimate of drug-likeness (QED) is 0.846. The van der Waals surface area contributed by atoms with Crippen LogP contribution in [0, 0.1) is 0 Å². The van der Waals surface area contributed by atoms with Gasteiger partial charge >= 0.3 is 11.9 Å². The van der Waals surface area contributed by atoms with Crippen molar-refractivity contribution in [3.05, 3.63) is 35.4 Å². The third-order valence-corrected chi connectivity index (χ3v) is 4.77. The standard InChI is InChI=1S/C19H23NO5/c1-12(17(21)20-14-8-3-2-4-9-14)24-19(23)16-11-13-7-5-6-10-15(13)18(22)25-16/h5-7,10,12,14,16H,2-4,8-9,11H2,1H3,(H,20,21)/t12-,16-/m1/s1. The Hall–Kier alpha value is -2.37. The Bertz CT molecular complexity index is 666. The first kappa shape index (κ1) is 17.5. The second kappa shape index (κ2) is 7.68. The average Bonchev–Trinajstić information content (AvgIpc) is 2.62. The normalized spacial score (nSPS) is 21.6. The summed E-state index contributed by atoms with van der Waals surface area (Å²) in [6, 6.07) is 7.16. The fraction of sp³-hybridized carbons (Fsp3) is 0.526. The number of nitrogens with one attached hydrogen (secondary N) is 1. The Morgan fingerprint density at radius 2 is 1.92 bits per heavy atom. The number of fused-ring (bicyclic) bond motifs is 1. The van der Waals surface area contributed by atoms with Crippen molar-refractivity contribution in [2.75, 3.05) is 0 Å². The lowest BCUT2D eigenvalue weighted by molar-refractivity contribution is -0.163. The first-order valence-corrected chi connectivity index (χ1v) is 8.84. The molecule has 0 spiro atoms. The van der Waals surface area contributed by atoms with E-state index in [2.05, 4.69) is 5.32 Å². The average molecular weight is 345 g/mol. The Kier molecular flexibility index (Phi) is 5.36. The van der Waals surface area contributed by atoms with Crippen molar-refractivity contribution in [2.24, 2.45) is 0 Å². The zero-order chi connectivity index (χ0) is 17.8. The van der Waals surface area contributed by atoms with Crippen LogP contribution in [-0.4, -0.2) is 36.1 Å². The summed E-state index contributed by atoms with van der Waals surface area (Å²) in [5.74, 6) is -1.53. The Balaban J connectivity index is 1.55. The third-order valence-electron chi connectivity index (χ3n) is 4.77. The molecular formula is C19H23NO5. The molecule has 0 unspecified atom stereocenters. The van der Waals surface area contributed by atoms with Gasteiger partial charge in [-0.05, 0) is 31.4 Å². The lowest BCUT2D eigenvalue weighted by Crippen LogP contribution is -2.45. The van der Waals surface area contributed by atoms with E-state index in [1.165, 1.54) is 13.3 Å². The molecule has 0 bridgehead atoms. The zero-order valence-corrected chi connectivity index (χ0v) is 14.3. The molecule has 1 N–H and O–H groups in total. The topological polar surface area (TPSA) is 81.7 Å². The van der Waals surface area contributed by atoms with Crippen molar-refractivity contribution >= 4 is 17.8 Å². The second-order valence-electron chi connectivity index (χ2n) is 6.68. The maximum atomic E-state index is 12.3. The van der Waals surface area contributed by atoms with Gasteiger partial charge in [0.25, 0.3) is 5.91 Å². The molecule has 3 rings (SSSR count). The molecule has 0 aromatic heterocycles. The van der Waals surface area contributed by atoms with Crippen LogP contribution in [0.25, 0.3) is 0 Å². The molecule has 1 aromatic rings. The fourth-order valence-electron chi connectivity index (χ4n) is 3.33. The number of amides is 1. The van der Waals surface area contributed by atoms with Gasteiger partial charge in [-0.15, -0.1) is 0 Å². The van der Waals surface area contributed by atoms with E-state index in [9.17, 15) is 14.4 Å². The number of carbonyl (C=O) groups excluding carboxylic acids is 3. The van der Waals surface area contributed by atoms with Crippen LogP contribution in [-0.2, 0) is 25.5 Å². The SMILES string of the molecule is C[C@@H](OC(=O)[C@H]1Cc2ccccc2C(=O)O1)C(=O)NC1CCCCC1. The number of rotatable bonds is 4. The molecule has 1 aliphatic heterocycles. The molecule has 0 saturated heterocycles. The summed E-state index contributed by atoms with van der Waals surface area (Å²) in [5.41, 5.74) is 1.22. The van der Waals surface area contributed by atoms with Gasteiger partial charge in [-0.3, -0.25) is 4.79 Å². The van der Waals surface area contributed by atoms with E-state index in [0.29, 0.717) is 5.56 Å². The zero-order valence-electron chi connectivity index (χ0n) is 14.3. The van der Waals surface area contributed by atoms with Crippen LogP contribution in [0.3, 0.4) is 0 Å². The van der Waals surface area contributed by atoms with Crippen LogP contribution in [0.1, 0.15) is 54.9 Å². The second-order valence-corrected chi connectivity index (χ2v) is 6.68. The van der Waals surface area contributed by atoms with Crippen molar-refractivity contribution in [1.29, 1.82) is 0 Å². The van der Waals surface area contributed by atoms with E-state index in [0.717, 1.165) is 31.2 Å². The van der Waals surface area contributed by atoms with Gasteiger partial charge in [0, 0.05) is 12.5 Å². The highest BCUT2D eigenvalue weighted by Crippen LogP contribution is 2.22. The minimum absolute atomic E-state index is 0.154. The molecule has 1 saturated carbocycles. The molecule has 2 atom stereocenters. The molecule has 6 nitrogen and oxygen atoms in total. The Morgan fingerprint density at radius 3 is 2.68 bits per heavy atom. The number of carbonyl (C=O) groups is 3. The molecular weight excluding hydrogens is 322 g/mol. The number of ether oxygens (including phenoxy) is 2. The van der Waals surface area contributed by atoms with Crippen LogP contribution >= 0.6 is 0 Å². The third kappa shape index (κ3) is 4.18. The highest BCUT2D eigenvalue weighted by Gasteiger charge is 2.34. The molecule has 1 aromatic carbocycles. The smallest absolute Gasteiger partial charge is 0.348 e. The van der Waals surface area contributed by atoms with Gasteiger partial charge in [0.05, 0.1) is 5.56 Å². The van der Waals surface area contributed by atoms with Crippen molar-refractivity contribution in [3.8, 4) is 0 Å². The number of esters is 2. The van der Waals surface area contributed by atoms with Gasteiger partial charge in [-0.25, -0.2) is 9.59 Å². The number of cyclic esters (lactones) is 1. The molecule has 1 heterocycles. The van der Waals surface area contributed by atoms with Crippen LogP contribution in [0.4, 0.5) is 0 Å². The summed E-state index contributed by atoms with van der Waals surface area (Å²) in [4.78, 5) is 36.5. The largest absolute Gasteiger partial charge is 0.450 e. The van der Waals surface area contributed by atoms with E-state index in [4.69, 9.17) is 9.47 Å². The summed E-state index contributed by atoms with van der Waals surface area (Å²) in [6.07, 6.45) is 3.68. The lowest BCUT2D eigenvalue weighted by Gasteiger charge is -2.26. The maximum Gasteiger partial charge on any atom is 0.348 e. The first-order valence-electron chi connectivity index (χ1n) is 8.84. The molecule has 0 radical (unpaired) electrons. The highest BCUT2D eigenvalue weighted by molar-refractivity contribution is 5.95. The Morgan fingerprint density at radius 1 is 1.20 bits per heavy atom. The molecule has 2 aliphatic rings. The highest BCUT2D eigenvalue weighted by atomic mass is 16.6. The van der Waals surface area contributed by atoms with Gasteiger partial charge in [-0.2, -0.15) is 0 Å². The maximum absolute atomic E-state index is 12.3. The van der Waals surface area contributed by atoms with Gasteiger partial charge in [0.2, 0.25) is 6.10 Å². The van der Waals surface area contributed by atoms with Crippen LogP contribution in [0.2, 0.25) is 0 Å². The lowest BCUT2D eigenvalue weighted by atomic mass is 9.95. The van der Waals surface area contributed by atoms with Gasteiger partial charge in [-0.1, -0.05) is 37.5 Å². The fourth-order valence-corrected chi connectivity index (χ4v) is 3.33. The number of benzene rings is 1. The van der Waals surface area contributed by atoms with Crippen LogP contribution < -0.4 is 5.32 Å². The number of hydrogen-bond acceptors (Lipinski definition) is 5. The summed E-state index contributed by atoms with van der Waals surface area (Å²) >= 11 is 0. The molecule has 25 heavy (non-hydrogen) atoms. The summed E-state index contributed by atoms with van der Waals surface area (Å²) in [6.45, 7) is 1.54. The van der Waals surface area contributed by atoms with Gasteiger partial charge in [0.15, 0.2) is 6.10 Å². The molecule has 6 heteroatoms.